The van der Waals surface area contributed by atoms with Gasteiger partial charge in [-0.3, -0.25) is 4.79 Å². The molecule has 4 heteroatoms. The van der Waals surface area contributed by atoms with Crippen LogP contribution in [0.1, 0.15) is 48.7 Å². The summed E-state index contributed by atoms with van der Waals surface area (Å²) in [5, 5.41) is 2.84. The predicted octanol–water partition coefficient (Wildman–Crippen LogP) is 3.13. The van der Waals surface area contributed by atoms with Crippen molar-refractivity contribution in [1.29, 1.82) is 0 Å². The van der Waals surface area contributed by atoms with Crippen LogP contribution in [0.3, 0.4) is 0 Å². The Bertz CT molecular complexity index is 531. The van der Waals surface area contributed by atoms with Crippen molar-refractivity contribution in [2.75, 3.05) is 6.54 Å². The van der Waals surface area contributed by atoms with Crippen molar-refractivity contribution in [3.63, 3.8) is 0 Å². The van der Waals surface area contributed by atoms with Gasteiger partial charge in [-0.15, -0.1) is 0 Å². The first kappa shape index (κ1) is 15.5. The Morgan fingerprint density at radius 2 is 2.14 bits per heavy atom. The number of alkyl carbamates (subject to hydrolysis) is 1. The van der Waals surface area contributed by atoms with E-state index in [1.165, 1.54) is 11.1 Å². The lowest BCUT2D eigenvalue weighted by molar-refractivity contribution is 0.0517. The van der Waals surface area contributed by atoms with Crippen molar-refractivity contribution in [2.24, 2.45) is 5.92 Å². The molecule has 1 aromatic rings. The summed E-state index contributed by atoms with van der Waals surface area (Å²) in [6, 6.07) is 5.86. The molecule has 4 nitrogen and oxygen atoms in total. The van der Waals surface area contributed by atoms with Gasteiger partial charge in [-0.2, -0.15) is 0 Å². The molecule has 1 aromatic carbocycles. The van der Waals surface area contributed by atoms with E-state index in [1.54, 1.807) is 0 Å². The van der Waals surface area contributed by atoms with Gasteiger partial charge in [-0.05, 0) is 63.1 Å². The van der Waals surface area contributed by atoms with Gasteiger partial charge in [-0.25, -0.2) is 4.79 Å². The zero-order valence-electron chi connectivity index (χ0n) is 12.9. The Morgan fingerprint density at radius 1 is 1.38 bits per heavy atom. The number of carbonyl (C=O) groups is 2. The number of aryl methyl sites for hydroxylation is 1. The van der Waals surface area contributed by atoms with Crippen LogP contribution in [0.25, 0.3) is 0 Å². The molecular weight excluding hydrogens is 266 g/mol. The first-order valence-electron chi connectivity index (χ1n) is 7.41. The molecule has 1 N–H and O–H groups in total. The second kappa shape index (κ2) is 6.29. The zero-order valence-corrected chi connectivity index (χ0v) is 12.9. The van der Waals surface area contributed by atoms with Gasteiger partial charge in [0.1, 0.15) is 11.9 Å². The van der Waals surface area contributed by atoms with E-state index in [1.807, 2.05) is 39.0 Å². The number of amides is 1. The van der Waals surface area contributed by atoms with Crippen molar-refractivity contribution >= 4 is 12.4 Å². The van der Waals surface area contributed by atoms with Crippen LogP contribution in [-0.2, 0) is 17.6 Å². The molecule has 21 heavy (non-hydrogen) atoms. The quantitative estimate of drug-likeness (QED) is 0.870. The summed E-state index contributed by atoms with van der Waals surface area (Å²) < 4.78 is 5.24. The SMILES string of the molecule is CC(C)(C)OC(=O)NCC1CCc2cc(C=O)ccc2C1. The number of ether oxygens (including phenoxy) is 1. The number of benzene rings is 1. The third-order valence-electron chi connectivity index (χ3n) is 3.63. The lowest BCUT2D eigenvalue weighted by Crippen LogP contribution is -2.36. The van der Waals surface area contributed by atoms with Crippen LogP contribution in [0.4, 0.5) is 4.79 Å². The van der Waals surface area contributed by atoms with Crippen LogP contribution in [0.2, 0.25) is 0 Å². The molecule has 1 aliphatic rings. The summed E-state index contributed by atoms with van der Waals surface area (Å²) in [7, 11) is 0. The van der Waals surface area contributed by atoms with Crippen LogP contribution < -0.4 is 5.32 Å². The molecule has 1 atom stereocenters. The highest BCUT2D eigenvalue weighted by atomic mass is 16.6. The Labute approximate surface area is 125 Å². The molecule has 1 amide bonds. The van der Waals surface area contributed by atoms with E-state index in [0.29, 0.717) is 12.5 Å². The number of carbonyl (C=O) groups excluding carboxylic acids is 2. The first-order chi connectivity index (χ1) is 9.87. The third-order valence-corrected chi connectivity index (χ3v) is 3.63. The van der Waals surface area contributed by atoms with E-state index in [4.69, 9.17) is 4.74 Å². The third kappa shape index (κ3) is 4.59. The van der Waals surface area contributed by atoms with Crippen molar-refractivity contribution < 1.29 is 14.3 Å². The Morgan fingerprint density at radius 3 is 2.81 bits per heavy atom. The minimum atomic E-state index is -0.464. The zero-order chi connectivity index (χ0) is 15.5. The fourth-order valence-electron chi connectivity index (χ4n) is 2.64. The van der Waals surface area contributed by atoms with Gasteiger partial charge in [-0.1, -0.05) is 12.1 Å². The fraction of sp³-hybridized carbons (Fsp3) is 0.529. The van der Waals surface area contributed by atoms with Crippen molar-refractivity contribution in [3.05, 3.63) is 34.9 Å². The summed E-state index contributed by atoms with van der Waals surface area (Å²) in [4.78, 5) is 22.4. The molecule has 1 aliphatic carbocycles. The lowest BCUT2D eigenvalue weighted by atomic mass is 9.83. The maximum Gasteiger partial charge on any atom is 0.407 e. The van der Waals surface area contributed by atoms with E-state index in [0.717, 1.165) is 31.1 Å². The van der Waals surface area contributed by atoms with Crippen LogP contribution in [0.15, 0.2) is 18.2 Å². The van der Waals surface area contributed by atoms with Gasteiger partial charge >= 0.3 is 6.09 Å². The standard InChI is InChI=1S/C17H23NO3/c1-17(2,3)21-16(20)18-10-12-4-6-15-9-13(11-19)5-7-14(15)8-12/h5,7,9,11-12H,4,6,8,10H2,1-3H3,(H,18,20). The van der Waals surface area contributed by atoms with Gasteiger partial charge in [0.05, 0.1) is 0 Å². The highest BCUT2D eigenvalue weighted by Gasteiger charge is 2.21. The van der Waals surface area contributed by atoms with Gasteiger partial charge in [0.15, 0.2) is 0 Å². The summed E-state index contributed by atoms with van der Waals surface area (Å²) in [6.45, 7) is 6.19. The molecule has 114 valence electrons. The predicted molar refractivity (Wildman–Crippen MR) is 81.6 cm³/mol. The normalized spacial score (nSPS) is 17.8. The van der Waals surface area contributed by atoms with Crippen molar-refractivity contribution in [2.45, 2.75) is 45.6 Å². The smallest absolute Gasteiger partial charge is 0.407 e. The molecule has 0 spiro atoms. The van der Waals surface area contributed by atoms with E-state index >= 15 is 0 Å². The summed E-state index contributed by atoms with van der Waals surface area (Å²) in [5.41, 5.74) is 2.81. The molecule has 0 aliphatic heterocycles. The van der Waals surface area contributed by atoms with Crippen molar-refractivity contribution in [3.8, 4) is 0 Å². The van der Waals surface area contributed by atoms with Crippen LogP contribution in [0, 0.1) is 5.92 Å². The number of aldehydes is 1. The highest BCUT2D eigenvalue weighted by molar-refractivity contribution is 5.75. The van der Waals surface area contributed by atoms with Gasteiger partial charge in [0, 0.05) is 12.1 Å². The molecule has 0 fully saturated rings. The number of rotatable bonds is 3. The molecule has 2 rings (SSSR count). The summed E-state index contributed by atoms with van der Waals surface area (Å²) >= 11 is 0. The molecule has 0 heterocycles. The van der Waals surface area contributed by atoms with Gasteiger partial charge < -0.3 is 10.1 Å². The second-order valence-electron chi connectivity index (χ2n) is 6.64. The maximum atomic E-state index is 11.7. The first-order valence-corrected chi connectivity index (χ1v) is 7.41. The number of nitrogens with one attached hydrogen (secondary N) is 1. The van der Waals surface area contributed by atoms with Crippen LogP contribution in [-0.4, -0.2) is 24.5 Å². The van der Waals surface area contributed by atoms with E-state index in [-0.39, 0.29) is 6.09 Å². The highest BCUT2D eigenvalue weighted by Crippen LogP contribution is 2.25. The Hall–Kier alpha value is -1.84. The second-order valence-corrected chi connectivity index (χ2v) is 6.64. The average Bonchev–Trinajstić information content (AvgIpc) is 2.42. The molecule has 0 saturated carbocycles. The lowest BCUT2D eigenvalue weighted by Gasteiger charge is -2.26. The van der Waals surface area contributed by atoms with Crippen LogP contribution in [0.5, 0.6) is 0 Å². The van der Waals surface area contributed by atoms with Crippen LogP contribution >= 0.6 is 0 Å². The minimum absolute atomic E-state index is 0.357. The molecular formula is C17H23NO3. The minimum Gasteiger partial charge on any atom is -0.444 e. The van der Waals surface area contributed by atoms with E-state index < -0.39 is 5.60 Å². The molecule has 0 radical (unpaired) electrons. The average molecular weight is 289 g/mol. The molecule has 0 saturated heterocycles. The fourth-order valence-corrected chi connectivity index (χ4v) is 2.64. The monoisotopic (exact) mass is 289 g/mol. The number of hydrogen-bond donors (Lipinski definition) is 1. The summed E-state index contributed by atoms with van der Waals surface area (Å²) in [5.74, 6) is 0.423. The number of hydrogen-bond acceptors (Lipinski definition) is 3. The van der Waals surface area contributed by atoms with Gasteiger partial charge in [0.2, 0.25) is 0 Å². The number of fused-ring (bicyclic) bond motifs is 1. The molecule has 1 unspecified atom stereocenters. The largest absolute Gasteiger partial charge is 0.444 e. The van der Waals surface area contributed by atoms with E-state index in [9.17, 15) is 9.59 Å². The molecule has 0 aromatic heterocycles. The summed E-state index contributed by atoms with van der Waals surface area (Å²) in [6.07, 6.45) is 3.44. The maximum absolute atomic E-state index is 11.7. The van der Waals surface area contributed by atoms with E-state index in [2.05, 4.69) is 5.32 Å². The molecule has 0 bridgehead atoms. The van der Waals surface area contributed by atoms with Crippen molar-refractivity contribution in [1.82, 2.24) is 5.32 Å². The van der Waals surface area contributed by atoms with Gasteiger partial charge in [0.25, 0.3) is 0 Å². The Kier molecular flexibility index (Phi) is 4.66. The topological polar surface area (TPSA) is 55.4 Å². The Balaban J connectivity index is 1.87.